The Kier molecular flexibility index (Phi) is 14.3. The number of hydrogen-bond acceptors (Lipinski definition) is 8. The van der Waals surface area contributed by atoms with Gasteiger partial charge in [-0.2, -0.15) is 0 Å². The average Bonchev–Trinajstić information content (AvgIpc) is 3.06. The number of ketones is 1. The van der Waals surface area contributed by atoms with Gasteiger partial charge in [-0.3, -0.25) is 4.79 Å². The molecule has 0 radical (unpaired) electrons. The molecule has 45 heavy (non-hydrogen) atoms. The molecular weight excluding hydrogens is 572 g/mol. The number of hydrogen-bond donors (Lipinski definition) is 1. The summed E-state index contributed by atoms with van der Waals surface area (Å²) >= 11 is 0. The van der Waals surface area contributed by atoms with E-state index in [0.717, 1.165) is 48.1 Å². The van der Waals surface area contributed by atoms with Crippen molar-refractivity contribution in [2.45, 2.75) is 32.6 Å². The Morgan fingerprint density at radius 3 is 1.80 bits per heavy atom. The van der Waals surface area contributed by atoms with Gasteiger partial charge in [-0.1, -0.05) is 55.6 Å². The Bertz CT molecular complexity index is 1450. The highest BCUT2D eigenvalue weighted by atomic mass is 16.6. The van der Waals surface area contributed by atoms with Crippen molar-refractivity contribution in [2.75, 3.05) is 33.0 Å². The molecule has 0 aliphatic heterocycles. The van der Waals surface area contributed by atoms with Crippen LogP contribution in [-0.2, 0) is 19.1 Å². The van der Waals surface area contributed by atoms with E-state index in [4.69, 9.17) is 24.1 Å². The number of aliphatic hydroxyl groups excluding tert-OH is 1. The van der Waals surface area contributed by atoms with Gasteiger partial charge in [0.25, 0.3) is 0 Å². The third kappa shape index (κ3) is 12.3. The van der Waals surface area contributed by atoms with Gasteiger partial charge in [-0.25, -0.2) is 9.59 Å². The molecule has 0 atom stereocenters. The van der Waals surface area contributed by atoms with Crippen molar-refractivity contribution in [3.05, 3.63) is 114 Å². The Balaban J connectivity index is 1.36. The molecule has 0 spiro atoms. The molecule has 0 fully saturated rings. The molecule has 3 aromatic carbocycles. The van der Waals surface area contributed by atoms with Crippen LogP contribution < -0.4 is 9.47 Å². The quantitative estimate of drug-likeness (QED) is 0.0683. The average molecular weight is 613 g/mol. The molecule has 0 aliphatic rings. The molecule has 0 saturated heterocycles. The molecule has 0 amide bonds. The maximum Gasteiger partial charge on any atom is 0.335 e. The first kappa shape index (κ1) is 34.5. The largest absolute Gasteiger partial charge is 0.494 e. The Hall–Kier alpha value is -4.95. The predicted molar refractivity (Wildman–Crippen MR) is 174 cm³/mol. The van der Waals surface area contributed by atoms with Crippen molar-refractivity contribution >= 4 is 23.8 Å². The van der Waals surface area contributed by atoms with Crippen LogP contribution in [0.25, 0.3) is 17.2 Å². The van der Waals surface area contributed by atoms with Crippen molar-refractivity contribution < 1.29 is 38.4 Å². The second-order valence-electron chi connectivity index (χ2n) is 10.3. The molecule has 3 rings (SSSR count). The molecule has 0 aromatic heterocycles. The molecule has 8 nitrogen and oxygen atoms in total. The van der Waals surface area contributed by atoms with E-state index in [0.29, 0.717) is 30.1 Å². The van der Waals surface area contributed by atoms with Crippen molar-refractivity contribution in [3.8, 4) is 22.6 Å². The monoisotopic (exact) mass is 612 g/mol. The number of carbonyl (C=O) groups excluding carboxylic acids is 3. The fourth-order valence-electron chi connectivity index (χ4n) is 4.01. The molecular formula is C37H40O8. The zero-order valence-corrected chi connectivity index (χ0v) is 25.7. The van der Waals surface area contributed by atoms with Crippen molar-refractivity contribution in [2.24, 2.45) is 0 Å². The van der Waals surface area contributed by atoms with Crippen LogP contribution >= 0.6 is 0 Å². The highest BCUT2D eigenvalue weighted by Crippen LogP contribution is 2.23. The van der Waals surface area contributed by atoms with E-state index in [-0.39, 0.29) is 31.2 Å². The van der Waals surface area contributed by atoms with E-state index in [2.05, 4.69) is 13.2 Å². The third-order valence-electron chi connectivity index (χ3n) is 6.62. The predicted octanol–water partition coefficient (Wildman–Crippen LogP) is 6.78. The number of allylic oxidation sites excluding steroid dienone is 1. The van der Waals surface area contributed by atoms with Crippen LogP contribution in [0.3, 0.4) is 0 Å². The molecule has 1 N–H and O–H groups in total. The lowest BCUT2D eigenvalue weighted by molar-refractivity contribution is -0.140. The zero-order valence-electron chi connectivity index (χ0n) is 25.7. The summed E-state index contributed by atoms with van der Waals surface area (Å²) in [5.41, 5.74) is 3.96. The first-order valence-electron chi connectivity index (χ1n) is 14.8. The molecule has 0 heterocycles. The Labute approximate surface area is 264 Å². The minimum atomic E-state index is -0.547. The van der Waals surface area contributed by atoms with Crippen molar-refractivity contribution in [1.29, 1.82) is 0 Å². The lowest BCUT2D eigenvalue weighted by Crippen LogP contribution is -2.12. The number of ether oxygens (including phenoxy) is 4. The van der Waals surface area contributed by atoms with E-state index in [9.17, 15) is 14.4 Å². The highest BCUT2D eigenvalue weighted by Gasteiger charge is 2.07. The summed E-state index contributed by atoms with van der Waals surface area (Å²) in [6.07, 6.45) is 6.86. The number of aliphatic hydroxyl groups is 1. The van der Waals surface area contributed by atoms with E-state index < -0.39 is 11.9 Å². The number of rotatable bonds is 19. The molecule has 0 aliphatic carbocycles. The van der Waals surface area contributed by atoms with Gasteiger partial charge in [-0.05, 0) is 91.8 Å². The molecule has 236 valence electrons. The second-order valence-corrected chi connectivity index (χ2v) is 10.3. The fraction of sp³-hybridized carbons (Fsp3) is 0.270. The topological polar surface area (TPSA) is 108 Å². The lowest BCUT2D eigenvalue weighted by Gasteiger charge is -2.08. The van der Waals surface area contributed by atoms with E-state index in [1.165, 1.54) is 0 Å². The van der Waals surface area contributed by atoms with Gasteiger partial charge in [0.15, 0.2) is 5.78 Å². The summed E-state index contributed by atoms with van der Waals surface area (Å²) < 4.78 is 21.4. The zero-order chi connectivity index (χ0) is 32.4. The summed E-state index contributed by atoms with van der Waals surface area (Å²) in [4.78, 5) is 35.4. The smallest absolute Gasteiger partial charge is 0.335 e. The van der Waals surface area contributed by atoms with Gasteiger partial charge < -0.3 is 24.1 Å². The minimum Gasteiger partial charge on any atom is -0.494 e. The summed E-state index contributed by atoms with van der Waals surface area (Å²) in [6.45, 7) is 9.40. The summed E-state index contributed by atoms with van der Waals surface area (Å²) in [6, 6.07) is 22.7. The molecule has 8 heteroatoms. The van der Waals surface area contributed by atoms with Crippen molar-refractivity contribution in [3.63, 3.8) is 0 Å². The van der Waals surface area contributed by atoms with Crippen molar-refractivity contribution in [1.82, 2.24) is 0 Å². The van der Waals surface area contributed by atoms with E-state index in [1.807, 2.05) is 48.5 Å². The Morgan fingerprint density at radius 1 is 0.667 bits per heavy atom. The maximum absolute atomic E-state index is 12.6. The highest BCUT2D eigenvalue weighted by molar-refractivity contribution is 6.06. The molecule has 0 unspecified atom stereocenters. The van der Waals surface area contributed by atoms with E-state index in [1.54, 1.807) is 43.3 Å². The van der Waals surface area contributed by atoms with Gasteiger partial charge in [0.1, 0.15) is 24.7 Å². The normalized spacial score (nSPS) is 10.7. The summed E-state index contributed by atoms with van der Waals surface area (Å²) in [5, 5.41) is 8.85. The number of benzene rings is 3. The summed E-state index contributed by atoms with van der Waals surface area (Å²) in [5.74, 6) is 0.257. The van der Waals surface area contributed by atoms with Crippen LogP contribution in [0.4, 0.5) is 0 Å². The van der Waals surface area contributed by atoms with Crippen LogP contribution in [0.1, 0.15) is 48.5 Å². The van der Waals surface area contributed by atoms with Crippen LogP contribution in [0.15, 0.2) is 103 Å². The van der Waals surface area contributed by atoms with Crippen LogP contribution in [0.5, 0.6) is 11.5 Å². The number of carbonyl (C=O) groups is 3. The van der Waals surface area contributed by atoms with Crippen LogP contribution in [0.2, 0.25) is 0 Å². The first-order valence-corrected chi connectivity index (χ1v) is 14.8. The molecule has 3 aromatic rings. The van der Waals surface area contributed by atoms with Gasteiger partial charge >= 0.3 is 11.9 Å². The molecule has 0 bridgehead atoms. The minimum absolute atomic E-state index is 0.0684. The van der Waals surface area contributed by atoms with Gasteiger partial charge in [-0.15, -0.1) is 0 Å². The van der Waals surface area contributed by atoms with Gasteiger partial charge in [0, 0.05) is 11.1 Å². The lowest BCUT2D eigenvalue weighted by atomic mass is 10.0. The number of esters is 2. The van der Waals surface area contributed by atoms with Gasteiger partial charge in [0.2, 0.25) is 0 Å². The maximum atomic E-state index is 12.6. The standard InChI is InChI=1S/C37H40O8/c1-27(2)36(40)45-25-24-43-34-19-15-32(16-20-34)35(39)21-10-29-8-11-30(12-9-29)31-13-17-33(18-14-31)42-22-6-4-5-7-23-44-37(41)28(3)26-38/h8-21,38H,1,3-7,22-26H2,2H3/b21-10+. The number of unbranched alkanes of at least 4 members (excludes halogenated alkanes) is 3. The van der Waals surface area contributed by atoms with Crippen LogP contribution in [-0.4, -0.2) is 55.9 Å². The fourth-order valence-corrected chi connectivity index (χ4v) is 4.01. The third-order valence-corrected chi connectivity index (χ3v) is 6.62. The first-order chi connectivity index (χ1) is 21.8. The Morgan fingerprint density at radius 2 is 1.20 bits per heavy atom. The van der Waals surface area contributed by atoms with Gasteiger partial charge in [0.05, 0.1) is 25.4 Å². The second kappa shape index (κ2) is 18.7. The van der Waals surface area contributed by atoms with Crippen LogP contribution in [0, 0.1) is 0 Å². The summed E-state index contributed by atoms with van der Waals surface area (Å²) in [7, 11) is 0. The molecule has 0 saturated carbocycles. The SMILES string of the molecule is C=C(C)C(=O)OCCOc1ccc(C(=O)/C=C/c2ccc(-c3ccc(OCCCCCCOC(=O)C(=C)CO)cc3)cc2)cc1. The van der Waals surface area contributed by atoms with E-state index >= 15 is 0 Å².